The van der Waals surface area contributed by atoms with Gasteiger partial charge in [-0.1, -0.05) is 30.3 Å². The number of hydrogen-bond donors (Lipinski definition) is 1. The Labute approximate surface area is 153 Å². The number of methoxy groups -OCH3 is 1. The van der Waals surface area contributed by atoms with Crippen LogP contribution in [0.25, 0.3) is 10.6 Å². The van der Waals surface area contributed by atoms with Crippen molar-refractivity contribution in [1.82, 2.24) is 4.98 Å². The van der Waals surface area contributed by atoms with Crippen LogP contribution in [0.4, 0.5) is 8.78 Å². The van der Waals surface area contributed by atoms with Crippen LogP contribution in [0.5, 0.6) is 5.75 Å². The Morgan fingerprint density at radius 2 is 1.85 bits per heavy atom. The minimum absolute atomic E-state index is 0.315. The average Bonchev–Trinajstić information content (AvgIpc) is 3.11. The van der Waals surface area contributed by atoms with Gasteiger partial charge >= 0.3 is 0 Å². The van der Waals surface area contributed by atoms with Gasteiger partial charge in [-0.3, -0.25) is 0 Å². The van der Waals surface area contributed by atoms with Gasteiger partial charge in [-0.05, 0) is 37.0 Å². The largest absolute Gasteiger partial charge is 0.503 e. The van der Waals surface area contributed by atoms with Gasteiger partial charge in [0.2, 0.25) is 0 Å². The lowest BCUT2D eigenvalue weighted by atomic mass is 9.81. The minimum Gasteiger partial charge on any atom is -0.503 e. The molecule has 0 bridgehead atoms. The van der Waals surface area contributed by atoms with Gasteiger partial charge in [-0.15, -0.1) is 11.3 Å². The van der Waals surface area contributed by atoms with E-state index in [1.165, 1.54) is 11.3 Å². The summed E-state index contributed by atoms with van der Waals surface area (Å²) in [6.07, 6.45) is 2.53. The lowest BCUT2D eigenvalue weighted by Crippen LogP contribution is -2.33. The number of nitrogens with zero attached hydrogens (tertiary/aromatic N) is 1. The number of fused-ring (bicyclic) bond motifs is 1. The van der Waals surface area contributed by atoms with E-state index >= 15 is 0 Å². The van der Waals surface area contributed by atoms with Crippen LogP contribution in [0.2, 0.25) is 0 Å². The van der Waals surface area contributed by atoms with Crippen LogP contribution >= 0.6 is 11.3 Å². The molecule has 0 spiro atoms. The molecule has 0 radical (unpaired) electrons. The van der Waals surface area contributed by atoms with Crippen LogP contribution < -0.4 is 0 Å². The van der Waals surface area contributed by atoms with Crippen molar-refractivity contribution in [3.8, 4) is 16.3 Å². The first kappa shape index (κ1) is 17.1. The Bertz CT molecular complexity index is 935. The number of aryl methyl sites for hydroxylation is 1. The van der Waals surface area contributed by atoms with E-state index in [1.54, 1.807) is 7.11 Å². The van der Waals surface area contributed by atoms with Gasteiger partial charge in [0, 0.05) is 12.7 Å². The average molecular weight is 373 g/mol. The van der Waals surface area contributed by atoms with Crippen LogP contribution in [0.15, 0.2) is 42.5 Å². The zero-order valence-electron chi connectivity index (χ0n) is 14.1. The topological polar surface area (TPSA) is 42.4 Å². The molecule has 1 heterocycles. The molecular weight excluding hydrogens is 356 g/mol. The standard InChI is InChI=1S/C20H17F2NO2S/c1-25-20(13-6-3-2-4-7-13)9-5-8-16-18(20)26-19(23-16)12-10-14(21)17(24)15(22)11-12/h2-4,6-7,10-11,24H,5,8-9H2,1H3. The fraction of sp³-hybridized carbons (Fsp3) is 0.250. The van der Waals surface area contributed by atoms with Crippen molar-refractivity contribution >= 4 is 11.3 Å². The number of thiazole rings is 1. The first-order chi connectivity index (χ1) is 12.5. The first-order valence-corrected chi connectivity index (χ1v) is 9.16. The Morgan fingerprint density at radius 1 is 1.15 bits per heavy atom. The summed E-state index contributed by atoms with van der Waals surface area (Å²) in [5.41, 5.74) is 1.66. The highest BCUT2D eigenvalue weighted by molar-refractivity contribution is 7.15. The highest BCUT2D eigenvalue weighted by atomic mass is 32.1. The van der Waals surface area contributed by atoms with Crippen molar-refractivity contribution in [2.75, 3.05) is 7.11 Å². The lowest BCUT2D eigenvalue weighted by molar-refractivity contribution is 0.0102. The zero-order valence-corrected chi connectivity index (χ0v) is 14.9. The molecule has 3 aromatic rings. The van der Waals surface area contributed by atoms with E-state index in [1.807, 2.05) is 30.3 Å². The van der Waals surface area contributed by atoms with Crippen molar-refractivity contribution in [2.24, 2.45) is 0 Å². The predicted octanol–water partition coefficient (Wildman–Crippen LogP) is 5.02. The molecule has 134 valence electrons. The third-order valence-electron chi connectivity index (χ3n) is 4.86. The van der Waals surface area contributed by atoms with Crippen molar-refractivity contribution in [2.45, 2.75) is 24.9 Å². The van der Waals surface area contributed by atoms with Crippen LogP contribution in [0, 0.1) is 11.6 Å². The molecule has 0 aliphatic heterocycles. The molecule has 0 saturated carbocycles. The maximum absolute atomic E-state index is 13.8. The number of benzene rings is 2. The molecule has 1 aromatic heterocycles. The van der Waals surface area contributed by atoms with Gasteiger partial charge in [-0.2, -0.15) is 0 Å². The Hall–Kier alpha value is -2.31. The van der Waals surface area contributed by atoms with Crippen molar-refractivity contribution in [3.05, 3.63) is 70.2 Å². The molecule has 0 amide bonds. The van der Waals surface area contributed by atoms with E-state index < -0.39 is 23.0 Å². The Kier molecular flexibility index (Phi) is 4.25. The van der Waals surface area contributed by atoms with Crippen LogP contribution in [0.1, 0.15) is 29.0 Å². The molecule has 1 N–H and O–H groups in total. The number of ether oxygens (including phenoxy) is 1. The second kappa shape index (κ2) is 6.45. The molecule has 0 fully saturated rings. The van der Waals surface area contributed by atoms with Gasteiger partial charge < -0.3 is 9.84 Å². The van der Waals surface area contributed by atoms with E-state index in [2.05, 4.69) is 4.98 Å². The maximum atomic E-state index is 13.8. The number of phenols is 1. The van der Waals surface area contributed by atoms with Crippen LogP contribution in [0.3, 0.4) is 0 Å². The molecule has 4 rings (SSSR count). The zero-order chi connectivity index (χ0) is 18.3. The molecule has 0 saturated heterocycles. The molecule has 3 nitrogen and oxygen atoms in total. The van der Waals surface area contributed by atoms with Gasteiger partial charge in [0.15, 0.2) is 17.4 Å². The number of aromatic hydroxyl groups is 1. The second-order valence-electron chi connectivity index (χ2n) is 6.33. The van der Waals surface area contributed by atoms with Gasteiger partial charge in [0.1, 0.15) is 10.6 Å². The number of halogens is 2. The highest BCUT2D eigenvalue weighted by Gasteiger charge is 2.41. The Morgan fingerprint density at radius 3 is 2.50 bits per heavy atom. The summed E-state index contributed by atoms with van der Waals surface area (Å²) in [6.45, 7) is 0. The third kappa shape index (κ3) is 2.61. The summed E-state index contributed by atoms with van der Waals surface area (Å²) < 4.78 is 33.5. The van der Waals surface area contributed by atoms with Crippen LogP contribution in [-0.2, 0) is 16.8 Å². The quantitative estimate of drug-likeness (QED) is 0.701. The molecule has 26 heavy (non-hydrogen) atoms. The molecule has 2 aromatic carbocycles. The first-order valence-electron chi connectivity index (χ1n) is 8.34. The number of aromatic nitrogens is 1. The summed E-state index contributed by atoms with van der Waals surface area (Å²) in [5.74, 6) is -2.95. The summed E-state index contributed by atoms with van der Waals surface area (Å²) >= 11 is 1.39. The molecule has 6 heteroatoms. The SMILES string of the molecule is COC1(c2ccccc2)CCCc2nc(-c3cc(F)c(O)c(F)c3)sc21. The van der Waals surface area contributed by atoms with E-state index in [0.29, 0.717) is 10.6 Å². The Balaban J connectivity index is 1.86. The molecule has 1 aliphatic carbocycles. The van der Waals surface area contributed by atoms with E-state index in [0.717, 1.165) is 47.5 Å². The smallest absolute Gasteiger partial charge is 0.187 e. The summed E-state index contributed by atoms with van der Waals surface area (Å²) in [4.78, 5) is 5.60. The predicted molar refractivity (Wildman–Crippen MR) is 96.3 cm³/mol. The number of hydrogen-bond acceptors (Lipinski definition) is 4. The summed E-state index contributed by atoms with van der Waals surface area (Å²) in [7, 11) is 1.68. The lowest BCUT2D eigenvalue weighted by Gasteiger charge is -2.35. The van der Waals surface area contributed by atoms with Gasteiger partial charge in [0.05, 0.1) is 10.6 Å². The highest BCUT2D eigenvalue weighted by Crippen LogP contribution is 2.47. The summed E-state index contributed by atoms with van der Waals surface area (Å²) in [6, 6.07) is 12.2. The monoisotopic (exact) mass is 373 g/mol. The van der Waals surface area contributed by atoms with Gasteiger partial charge in [0.25, 0.3) is 0 Å². The number of rotatable bonds is 3. The third-order valence-corrected chi connectivity index (χ3v) is 6.15. The molecule has 1 aliphatic rings. The van der Waals surface area contributed by atoms with E-state index in [9.17, 15) is 13.9 Å². The minimum atomic E-state index is -0.991. The molecule has 1 unspecified atom stereocenters. The molecular formula is C20H17F2NO2S. The fourth-order valence-electron chi connectivity index (χ4n) is 3.56. The fourth-order valence-corrected chi connectivity index (χ4v) is 4.88. The van der Waals surface area contributed by atoms with E-state index in [-0.39, 0.29) is 0 Å². The summed E-state index contributed by atoms with van der Waals surface area (Å²) in [5, 5.41) is 9.84. The van der Waals surface area contributed by atoms with E-state index in [4.69, 9.17) is 4.74 Å². The molecule has 1 atom stereocenters. The van der Waals surface area contributed by atoms with Crippen molar-refractivity contribution < 1.29 is 18.6 Å². The normalized spacial score (nSPS) is 19.3. The second-order valence-corrected chi connectivity index (χ2v) is 7.33. The van der Waals surface area contributed by atoms with Crippen molar-refractivity contribution in [3.63, 3.8) is 0 Å². The van der Waals surface area contributed by atoms with Crippen LogP contribution in [-0.4, -0.2) is 17.2 Å². The maximum Gasteiger partial charge on any atom is 0.187 e. The number of phenolic OH excluding ortho intramolecular Hbond substituents is 1. The van der Waals surface area contributed by atoms with Crippen molar-refractivity contribution in [1.29, 1.82) is 0 Å². The van der Waals surface area contributed by atoms with Gasteiger partial charge in [-0.25, -0.2) is 13.8 Å².